The molecule has 4 aromatic rings. The summed E-state index contributed by atoms with van der Waals surface area (Å²) in [5.41, 5.74) is 4.92. The van der Waals surface area contributed by atoms with E-state index < -0.39 is 37.5 Å². The van der Waals surface area contributed by atoms with Crippen LogP contribution in [0, 0.1) is 27.7 Å². The van der Waals surface area contributed by atoms with Crippen LogP contribution in [-0.2, 0) is 34.3 Å². The van der Waals surface area contributed by atoms with E-state index in [1.54, 1.807) is 0 Å². The molecule has 4 aromatic carbocycles. The molecule has 0 aromatic heterocycles. The number of benzene rings is 4. The first-order valence-corrected chi connectivity index (χ1v) is 15.3. The predicted octanol–water partition coefficient (Wildman–Crippen LogP) is 8.06. The van der Waals surface area contributed by atoms with Crippen LogP contribution in [0.25, 0.3) is 0 Å². The lowest BCUT2D eigenvalue weighted by atomic mass is 9.69. The summed E-state index contributed by atoms with van der Waals surface area (Å²) in [7, 11) is -3.18. The van der Waals surface area contributed by atoms with Crippen molar-refractivity contribution in [1.82, 2.24) is 0 Å². The van der Waals surface area contributed by atoms with Crippen molar-refractivity contribution in [2.75, 3.05) is 0 Å². The molecule has 5 nitrogen and oxygen atoms in total. The molecule has 2 saturated heterocycles. The third-order valence-electron chi connectivity index (χ3n) is 8.57. The maximum atomic E-state index is 14.5. The van der Waals surface area contributed by atoms with Crippen LogP contribution in [0.3, 0.4) is 0 Å². The Morgan fingerprint density at radius 3 is 1.05 bits per heavy atom. The molecule has 2 aliphatic heterocycles. The van der Waals surface area contributed by atoms with Gasteiger partial charge in [-0.25, -0.2) is 0 Å². The molecule has 0 spiro atoms. The van der Waals surface area contributed by atoms with Crippen molar-refractivity contribution in [1.29, 1.82) is 0 Å². The van der Waals surface area contributed by atoms with Gasteiger partial charge in [0.1, 0.15) is 12.2 Å². The Balaban J connectivity index is 1.76. The van der Waals surface area contributed by atoms with Crippen LogP contribution in [0.15, 0.2) is 97.1 Å². The van der Waals surface area contributed by atoms with Crippen LogP contribution in [0.4, 0.5) is 0 Å². The highest BCUT2D eigenvalue weighted by molar-refractivity contribution is 7.33. The molecule has 212 valence electrons. The van der Waals surface area contributed by atoms with E-state index in [4.69, 9.17) is 18.5 Å². The lowest BCUT2D eigenvalue weighted by Gasteiger charge is -2.43. The fourth-order valence-electron chi connectivity index (χ4n) is 6.84. The van der Waals surface area contributed by atoms with Crippen molar-refractivity contribution < 1.29 is 23.1 Å². The maximum Gasteiger partial charge on any atom is 0.321 e. The van der Waals surface area contributed by atoms with Gasteiger partial charge >= 0.3 is 8.25 Å². The highest BCUT2D eigenvalue weighted by Crippen LogP contribution is 2.62. The quantitative estimate of drug-likeness (QED) is 0.233. The monoisotopic (exact) mass is 568 g/mol. The van der Waals surface area contributed by atoms with E-state index in [0.717, 1.165) is 44.5 Å². The Kier molecular flexibility index (Phi) is 7.09. The van der Waals surface area contributed by atoms with E-state index in [1.807, 2.05) is 139 Å². The third-order valence-corrected chi connectivity index (χ3v) is 9.54. The molecule has 0 bridgehead atoms. The summed E-state index contributed by atoms with van der Waals surface area (Å²) in [4.78, 5) is 0. The smallest absolute Gasteiger partial charge is 0.321 e. The first kappa shape index (κ1) is 28.1. The molecule has 2 heterocycles. The molecule has 0 saturated carbocycles. The van der Waals surface area contributed by atoms with Gasteiger partial charge in [0.05, 0.1) is 0 Å². The van der Waals surface area contributed by atoms with E-state index in [9.17, 15) is 4.57 Å². The molecule has 0 amide bonds. The number of aryl methyl sites for hydroxylation is 4. The van der Waals surface area contributed by atoms with Crippen LogP contribution >= 0.6 is 8.25 Å². The second kappa shape index (κ2) is 10.3. The van der Waals surface area contributed by atoms with Crippen molar-refractivity contribution in [2.45, 2.75) is 70.7 Å². The first-order valence-electron chi connectivity index (χ1n) is 14.1. The fraction of sp³-hybridized carbons (Fsp3) is 0.314. The van der Waals surface area contributed by atoms with Gasteiger partial charge in [-0.2, -0.15) is 0 Å². The molecular formula is C35H37O5P. The number of fused-ring (bicyclic) bond motifs is 1. The van der Waals surface area contributed by atoms with Gasteiger partial charge in [0.15, 0.2) is 17.0 Å². The summed E-state index contributed by atoms with van der Waals surface area (Å²) in [6.07, 6.45) is -1.45. The van der Waals surface area contributed by atoms with Gasteiger partial charge < -0.3 is 9.47 Å². The van der Waals surface area contributed by atoms with E-state index >= 15 is 0 Å². The number of hydrogen-bond acceptors (Lipinski definition) is 5. The summed E-state index contributed by atoms with van der Waals surface area (Å²) in [6, 6.07) is 32.3. The van der Waals surface area contributed by atoms with Crippen molar-refractivity contribution in [3.8, 4) is 0 Å². The summed E-state index contributed by atoms with van der Waals surface area (Å²) < 4.78 is 42.0. The zero-order valence-electron chi connectivity index (χ0n) is 24.4. The minimum atomic E-state index is -3.18. The number of ether oxygens (including phenoxy) is 2. The van der Waals surface area contributed by atoms with Gasteiger partial charge in [0, 0.05) is 0 Å². The van der Waals surface area contributed by atoms with Gasteiger partial charge in [0.25, 0.3) is 0 Å². The molecule has 0 N–H and O–H groups in total. The van der Waals surface area contributed by atoms with Gasteiger partial charge in [0.2, 0.25) is 0 Å². The summed E-state index contributed by atoms with van der Waals surface area (Å²) >= 11 is 0. The summed E-state index contributed by atoms with van der Waals surface area (Å²) in [5.74, 6) is -0.984. The third kappa shape index (κ3) is 4.43. The molecule has 0 unspecified atom stereocenters. The first-order chi connectivity index (χ1) is 19.6. The van der Waals surface area contributed by atoms with Gasteiger partial charge in [-0.15, -0.1) is 0 Å². The van der Waals surface area contributed by atoms with Crippen molar-refractivity contribution in [2.24, 2.45) is 0 Å². The topological polar surface area (TPSA) is 54.0 Å². The Morgan fingerprint density at radius 2 is 0.780 bits per heavy atom. The zero-order valence-corrected chi connectivity index (χ0v) is 25.4. The fourth-order valence-corrected chi connectivity index (χ4v) is 8.08. The molecule has 0 radical (unpaired) electrons. The van der Waals surface area contributed by atoms with Gasteiger partial charge in [-0.1, -0.05) is 97.1 Å². The normalized spacial score (nSPS) is 23.1. The van der Waals surface area contributed by atoms with Crippen molar-refractivity contribution in [3.63, 3.8) is 0 Å². The maximum absolute atomic E-state index is 14.5. The SMILES string of the molecule is Cc1ccccc1C1(c2ccccc2C)O[PH](=O)OC(c2ccccc2C)(c2ccccc2C)[C@@H]2OC(C)(C)O[C@H]21. The van der Waals surface area contributed by atoms with E-state index in [2.05, 4.69) is 0 Å². The Hall–Kier alpha value is -3.05. The second-order valence-corrected chi connectivity index (χ2v) is 12.6. The number of rotatable bonds is 4. The van der Waals surface area contributed by atoms with E-state index in [1.165, 1.54) is 0 Å². The average molecular weight is 569 g/mol. The van der Waals surface area contributed by atoms with Crippen LogP contribution in [0.1, 0.15) is 58.4 Å². The minimum absolute atomic E-state index is 0.727. The standard InChI is InChI=1S/C35H37O5P/c1-23-15-7-11-19-27(23)34(28-20-12-8-16-24(28)2)31-32(38-33(5,6)37-31)35(40-41(36)39-34,29-21-13-9-17-25(29)3)30-22-14-10-18-26(30)4/h7-22,31-32,41H,1-6H3/t31-,32-/m1/s1. The molecule has 2 atom stereocenters. The van der Waals surface area contributed by atoms with Crippen LogP contribution in [0.2, 0.25) is 0 Å². The van der Waals surface area contributed by atoms with E-state index in [-0.39, 0.29) is 0 Å². The Bertz CT molecular complexity index is 1420. The molecule has 41 heavy (non-hydrogen) atoms. The highest BCUT2D eigenvalue weighted by Gasteiger charge is 2.67. The lowest BCUT2D eigenvalue weighted by molar-refractivity contribution is -0.174. The van der Waals surface area contributed by atoms with Crippen LogP contribution in [0.5, 0.6) is 0 Å². The van der Waals surface area contributed by atoms with Gasteiger partial charge in [-0.05, 0) is 86.1 Å². The second-order valence-electron chi connectivity index (χ2n) is 11.7. The summed E-state index contributed by atoms with van der Waals surface area (Å²) in [5, 5.41) is 0. The van der Waals surface area contributed by atoms with Gasteiger partial charge in [-0.3, -0.25) is 13.6 Å². The minimum Gasteiger partial charge on any atom is -0.341 e. The molecule has 6 heteroatoms. The largest absolute Gasteiger partial charge is 0.341 e. The van der Waals surface area contributed by atoms with Crippen LogP contribution < -0.4 is 0 Å². The van der Waals surface area contributed by atoms with Crippen molar-refractivity contribution >= 4 is 8.25 Å². The Labute approximate surface area is 243 Å². The van der Waals surface area contributed by atoms with Crippen molar-refractivity contribution in [3.05, 3.63) is 142 Å². The zero-order chi connectivity index (χ0) is 29.0. The Morgan fingerprint density at radius 1 is 0.512 bits per heavy atom. The summed E-state index contributed by atoms with van der Waals surface area (Å²) in [6.45, 7) is 12.0. The molecule has 2 aliphatic rings. The average Bonchev–Trinajstić information content (AvgIpc) is 3.23. The molecular weight excluding hydrogens is 531 g/mol. The predicted molar refractivity (Wildman–Crippen MR) is 161 cm³/mol. The van der Waals surface area contributed by atoms with Crippen LogP contribution in [-0.4, -0.2) is 18.0 Å². The highest BCUT2D eigenvalue weighted by atomic mass is 31.1. The van der Waals surface area contributed by atoms with E-state index in [0.29, 0.717) is 0 Å². The molecule has 2 fully saturated rings. The molecule has 6 rings (SSSR count). The number of hydrogen-bond donors (Lipinski definition) is 0. The lowest BCUT2D eigenvalue weighted by Crippen LogP contribution is -2.54. The molecule has 0 aliphatic carbocycles.